The number of hydrogen-bond donors (Lipinski definition) is 2. The van der Waals surface area contributed by atoms with Crippen LogP contribution in [0.1, 0.15) is 0 Å². The summed E-state index contributed by atoms with van der Waals surface area (Å²) in [6, 6.07) is 9.29. The van der Waals surface area contributed by atoms with Gasteiger partial charge in [0.25, 0.3) is 5.91 Å². The highest BCUT2D eigenvalue weighted by Crippen LogP contribution is 2.03. The highest BCUT2D eigenvalue weighted by atomic mass is 16.6. The molecular weight excluding hydrogens is 236 g/mol. The van der Waals surface area contributed by atoms with Crippen molar-refractivity contribution in [3.05, 3.63) is 30.3 Å². The summed E-state index contributed by atoms with van der Waals surface area (Å²) >= 11 is 0. The number of hydrogen-bond acceptors (Lipinski definition) is 5. The van der Waals surface area contributed by atoms with Crippen LogP contribution in [0, 0.1) is 11.3 Å². The lowest BCUT2D eigenvalue weighted by molar-refractivity contribution is -0.113. The quantitative estimate of drug-likeness (QED) is 0.609. The fourth-order valence-corrected chi connectivity index (χ4v) is 1.05. The molecule has 0 unspecified atom stereocenters. The van der Waals surface area contributed by atoms with Crippen molar-refractivity contribution in [3.8, 4) is 6.07 Å². The number of nitrogens with zero attached hydrogens (tertiary/aromatic N) is 2. The molecule has 3 amide bonds. The van der Waals surface area contributed by atoms with Crippen molar-refractivity contribution >= 4 is 23.3 Å². The molecule has 0 heterocycles. The van der Waals surface area contributed by atoms with Gasteiger partial charge in [-0.05, 0) is 12.1 Å². The molecular formula is C11H10N4O3. The van der Waals surface area contributed by atoms with Gasteiger partial charge < -0.3 is 10.2 Å². The molecule has 1 aromatic carbocycles. The predicted octanol–water partition coefficient (Wildman–Crippen LogP) is 0.861. The van der Waals surface area contributed by atoms with Crippen LogP contribution in [0.25, 0.3) is 0 Å². The average molecular weight is 246 g/mol. The number of carbonyl (C=O) groups is 2. The number of amides is 3. The Hall–Kier alpha value is -2.88. The zero-order valence-electron chi connectivity index (χ0n) is 9.51. The fraction of sp³-hybridized carbons (Fsp3) is 0.0909. The maximum absolute atomic E-state index is 11.4. The molecule has 0 saturated heterocycles. The molecule has 0 aliphatic rings. The molecule has 2 N–H and O–H groups in total. The van der Waals surface area contributed by atoms with Gasteiger partial charge in [-0.25, -0.2) is 4.79 Å². The van der Waals surface area contributed by atoms with E-state index in [1.165, 1.54) is 13.2 Å². The van der Waals surface area contributed by atoms with Gasteiger partial charge in [0.1, 0.15) is 13.2 Å². The summed E-state index contributed by atoms with van der Waals surface area (Å²) in [5.41, 5.74) is -0.0225. The third kappa shape index (κ3) is 3.94. The molecule has 92 valence electrons. The van der Waals surface area contributed by atoms with Crippen molar-refractivity contribution in [1.82, 2.24) is 5.32 Å². The molecule has 0 radical (unpaired) electrons. The SMILES string of the molecule is CON=C(C#N)C(=O)NC(=O)Nc1ccccc1. The molecule has 7 nitrogen and oxygen atoms in total. The standard InChI is InChI=1S/C11H10N4O3/c1-18-15-9(7-12)10(16)14-11(17)13-8-5-3-2-4-6-8/h2-6H,1H3,(H2,13,14,16,17). The van der Waals surface area contributed by atoms with Crippen LogP contribution < -0.4 is 10.6 Å². The third-order valence-corrected chi connectivity index (χ3v) is 1.76. The molecule has 18 heavy (non-hydrogen) atoms. The number of nitrogens with one attached hydrogen (secondary N) is 2. The van der Waals surface area contributed by atoms with E-state index in [1.54, 1.807) is 30.3 Å². The predicted molar refractivity (Wildman–Crippen MR) is 63.7 cm³/mol. The molecule has 0 spiro atoms. The Morgan fingerprint density at radius 1 is 1.33 bits per heavy atom. The zero-order valence-corrected chi connectivity index (χ0v) is 9.51. The molecule has 0 atom stereocenters. The van der Waals surface area contributed by atoms with Crippen LogP contribution in [0.5, 0.6) is 0 Å². The lowest BCUT2D eigenvalue weighted by Crippen LogP contribution is -2.38. The van der Waals surface area contributed by atoms with Gasteiger partial charge in [0.15, 0.2) is 0 Å². The molecule has 0 fully saturated rings. The minimum atomic E-state index is -0.937. The Labute approximate surface area is 103 Å². The molecule has 7 heteroatoms. The van der Waals surface area contributed by atoms with E-state index in [-0.39, 0.29) is 0 Å². The number of rotatable bonds is 3. The lowest BCUT2D eigenvalue weighted by Gasteiger charge is -2.04. The van der Waals surface area contributed by atoms with E-state index in [1.807, 2.05) is 5.32 Å². The normalized spacial score (nSPS) is 10.1. The van der Waals surface area contributed by atoms with Crippen LogP contribution >= 0.6 is 0 Å². The first-order valence-corrected chi connectivity index (χ1v) is 4.86. The lowest BCUT2D eigenvalue weighted by atomic mass is 10.3. The first-order valence-electron chi connectivity index (χ1n) is 4.86. The van der Waals surface area contributed by atoms with Crippen LogP contribution in [0.15, 0.2) is 35.5 Å². The van der Waals surface area contributed by atoms with Crippen molar-refractivity contribution in [2.75, 3.05) is 12.4 Å². The van der Waals surface area contributed by atoms with E-state index < -0.39 is 17.6 Å². The molecule has 0 bridgehead atoms. The highest BCUT2D eigenvalue weighted by Gasteiger charge is 2.15. The monoisotopic (exact) mass is 246 g/mol. The van der Waals surface area contributed by atoms with Crippen molar-refractivity contribution in [1.29, 1.82) is 5.26 Å². The second kappa shape index (κ2) is 6.65. The van der Waals surface area contributed by atoms with Crippen molar-refractivity contribution < 1.29 is 14.4 Å². The van der Waals surface area contributed by atoms with E-state index >= 15 is 0 Å². The number of carbonyl (C=O) groups excluding carboxylic acids is 2. The van der Waals surface area contributed by atoms with Crippen LogP contribution in [0.2, 0.25) is 0 Å². The molecule has 0 aliphatic heterocycles. The maximum Gasteiger partial charge on any atom is 0.326 e. The largest absolute Gasteiger partial charge is 0.398 e. The second-order valence-corrected chi connectivity index (χ2v) is 3.01. The van der Waals surface area contributed by atoms with Gasteiger partial charge in [-0.15, -0.1) is 0 Å². The summed E-state index contributed by atoms with van der Waals surface area (Å²) in [6.45, 7) is 0. The summed E-state index contributed by atoms with van der Waals surface area (Å²) in [6.07, 6.45) is 0. The minimum absolute atomic E-state index is 0.519. The second-order valence-electron chi connectivity index (χ2n) is 3.01. The number of urea groups is 1. The Morgan fingerprint density at radius 2 is 2.00 bits per heavy atom. The number of oxime groups is 1. The van der Waals surface area contributed by atoms with Gasteiger partial charge in [0, 0.05) is 5.69 Å². The summed E-state index contributed by atoms with van der Waals surface area (Å²) in [5, 5.41) is 16.1. The molecule has 0 aromatic heterocycles. The number of anilines is 1. The average Bonchev–Trinajstić information content (AvgIpc) is 2.36. The van der Waals surface area contributed by atoms with Crippen molar-refractivity contribution in [3.63, 3.8) is 0 Å². The summed E-state index contributed by atoms with van der Waals surface area (Å²) in [5.74, 6) is -0.937. The number of imide groups is 1. The van der Waals surface area contributed by atoms with E-state index in [0.717, 1.165) is 0 Å². The maximum atomic E-state index is 11.4. The van der Waals surface area contributed by atoms with E-state index in [0.29, 0.717) is 5.69 Å². The van der Waals surface area contributed by atoms with Crippen LogP contribution in [0.4, 0.5) is 10.5 Å². The Balaban J connectivity index is 2.58. The van der Waals surface area contributed by atoms with E-state index in [2.05, 4.69) is 15.3 Å². The number of para-hydroxylation sites is 1. The number of nitriles is 1. The van der Waals surface area contributed by atoms with E-state index in [4.69, 9.17) is 5.26 Å². The van der Waals surface area contributed by atoms with Gasteiger partial charge in [0.2, 0.25) is 5.71 Å². The van der Waals surface area contributed by atoms with Gasteiger partial charge >= 0.3 is 6.03 Å². The Kier molecular flexibility index (Phi) is 4.87. The minimum Gasteiger partial charge on any atom is -0.398 e. The van der Waals surface area contributed by atoms with Gasteiger partial charge in [-0.1, -0.05) is 23.4 Å². The fourth-order valence-electron chi connectivity index (χ4n) is 1.05. The zero-order chi connectivity index (χ0) is 13.4. The van der Waals surface area contributed by atoms with Crippen molar-refractivity contribution in [2.24, 2.45) is 5.16 Å². The first-order chi connectivity index (χ1) is 8.67. The van der Waals surface area contributed by atoms with Crippen LogP contribution in [-0.2, 0) is 9.63 Å². The molecule has 1 rings (SSSR count). The molecule has 0 saturated carbocycles. The van der Waals surface area contributed by atoms with Crippen LogP contribution in [0.3, 0.4) is 0 Å². The Morgan fingerprint density at radius 3 is 2.56 bits per heavy atom. The summed E-state index contributed by atoms with van der Waals surface area (Å²) in [7, 11) is 1.19. The first kappa shape index (κ1) is 13.2. The highest BCUT2D eigenvalue weighted by molar-refractivity contribution is 6.47. The molecule has 0 aliphatic carbocycles. The summed E-state index contributed by atoms with van der Waals surface area (Å²) < 4.78 is 0. The topological polar surface area (TPSA) is 104 Å². The number of benzene rings is 1. The van der Waals surface area contributed by atoms with Crippen molar-refractivity contribution in [2.45, 2.75) is 0 Å². The smallest absolute Gasteiger partial charge is 0.326 e. The van der Waals surface area contributed by atoms with Gasteiger partial charge in [0.05, 0.1) is 0 Å². The van der Waals surface area contributed by atoms with Gasteiger partial charge in [-0.2, -0.15) is 5.26 Å². The Bertz CT molecular complexity index is 505. The molecule has 1 aromatic rings. The van der Waals surface area contributed by atoms with E-state index in [9.17, 15) is 9.59 Å². The third-order valence-electron chi connectivity index (χ3n) is 1.76. The van der Waals surface area contributed by atoms with Gasteiger partial charge in [-0.3, -0.25) is 10.1 Å². The summed E-state index contributed by atoms with van der Waals surface area (Å²) in [4.78, 5) is 27.0. The van der Waals surface area contributed by atoms with Crippen LogP contribution in [-0.4, -0.2) is 24.8 Å².